The number of rotatable bonds is 1. The van der Waals surface area contributed by atoms with Crippen molar-refractivity contribution in [1.82, 2.24) is 9.88 Å². The molecule has 0 amide bonds. The highest BCUT2D eigenvalue weighted by Crippen LogP contribution is 2.25. The molecule has 1 aromatic rings. The first-order valence-electron chi connectivity index (χ1n) is 4.65. The lowest BCUT2D eigenvalue weighted by molar-refractivity contribution is 0.411. The summed E-state index contributed by atoms with van der Waals surface area (Å²) >= 11 is 0. The van der Waals surface area contributed by atoms with Crippen molar-refractivity contribution in [2.24, 2.45) is 0 Å². The first kappa shape index (κ1) is 8.51. The Morgan fingerprint density at radius 1 is 1.62 bits per heavy atom. The highest BCUT2D eigenvalue weighted by Gasteiger charge is 2.21. The average molecular weight is 177 g/mol. The second kappa shape index (κ2) is 3.34. The van der Waals surface area contributed by atoms with E-state index in [0.29, 0.717) is 5.92 Å². The normalized spacial score (nSPS) is 23.6. The van der Waals surface area contributed by atoms with Gasteiger partial charge in [-0.3, -0.25) is 4.98 Å². The molecule has 0 bridgehead atoms. The van der Waals surface area contributed by atoms with Crippen LogP contribution in [0.2, 0.25) is 0 Å². The molecule has 2 heterocycles. The van der Waals surface area contributed by atoms with Crippen LogP contribution in [0.1, 0.15) is 18.0 Å². The molecule has 0 aliphatic carbocycles. The van der Waals surface area contributed by atoms with Gasteiger partial charge in [-0.25, -0.2) is 0 Å². The fourth-order valence-corrected chi connectivity index (χ4v) is 1.87. The summed E-state index contributed by atoms with van der Waals surface area (Å²) in [5, 5.41) is 0. The van der Waals surface area contributed by atoms with E-state index in [1.54, 1.807) is 6.20 Å². The zero-order valence-corrected chi connectivity index (χ0v) is 7.90. The first-order chi connectivity index (χ1) is 6.25. The molecule has 1 fully saturated rings. The third-order valence-corrected chi connectivity index (χ3v) is 2.61. The molecular weight excluding hydrogens is 162 g/mol. The van der Waals surface area contributed by atoms with Crippen LogP contribution in [0.15, 0.2) is 18.3 Å². The summed E-state index contributed by atoms with van der Waals surface area (Å²) in [6, 6.07) is 3.83. The molecule has 3 nitrogen and oxygen atoms in total. The van der Waals surface area contributed by atoms with E-state index in [1.165, 1.54) is 13.0 Å². The van der Waals surface area contributed by atoms with Crippen LogP contribution >= 0.6 is 0 Å². The number of likely N-dealkylation sites (N-methyl/N-ethyl adjacent to an activating group) is 1. The van der Waals surface area contributed by atoms with E-state index >= 15 is 0 Å². The third kappa shape index (κ3) is 1.80. The summed E-state index contributed by atoms with van der Waals surface area (Å²) in [5.74, 6) is 0.577. The number of anilines is 1. The fraction of sp³-hybridized carbons (Fsp3) is 0.500. The van der Waals surface area contributed by atoms with Crippen LogP contribution in [0.4, 0.5) is 5.69 Å². The van der Waals surface area contributed by atoms with Gasteiger partial charge in [0.15, 0.2) is 0 Å². The fourth-order valence-electron chi connectivity index (χ4n) is 1.87. The number of nitrogens with two attached hydrogens (primary N) is 1. The van der Waals surface area contributed by atoms with Gasteiger partial charge in [-0.2, -0.15) is 0 Å². The number of likely N-dealkylation sites (tertiary alicyclic amines) is 1. The van der Waals surface area contributed by atoms with Crippen LogP contribution in [0.25, 0.3) is 0 Å². The molecule has 0 radical (unpaired) electrons. The molecule has 13 heavy (non-hydrogen) atoms. The highest BCUT2D eigenvalue weighted by molar-refractivity contribution is 5.38. The van der Waals surface area contributed by atoms with Crippen molar-refractivity contribution in [1.29, 1.82) is 0 Å². The summed E-state index contributed by atoms with van der Waals surface area (Å²) < 4.78 is 0. The molecule has 1 unspecified atom stereocenters. The predicted molar refractivity (Wildman–Crippen MR) is 53.5 cm³/mol. The topological polar surface area (TPSA) is 42.1 Å². The summed E-state index contributed by atoms with van der Waals surface area (Å²) in [6.07, 6.45) is 3.00. The molecule has 1 aliphatic heterocycles. The van der Waals surface area contributed by atoms with Crippen molar-refractivity contribution >= 4 is 5.69 Å². The van der Waals surface area contributed by atoms with Gasteiger partial charge in [-0.15, -0.1) is 0 Å². The van der Waals surface area contributed by atoms with Crippen molar-refractivity contribution in [2.45, 2.75) is 12.3 Å². The molecule has 1 atom stereocenters. The third-order valence-electron chi connectivity index (χ3n) is 2.61. The van der Waals surface area contributed by atoms with Crippen LogP contribution in [0.5, 0.6) is 0 Å². The zero-order chi connectivity index (χ0) is 9.26. The lowest BCUT2D eigenvalue weighted by atomic mass is 10.0. The van der Waals surface area contributed by atoms with Gasteiger partial charge in [0.25, 0.3) is 0 Å². The van der Waals surface area contributed by atoms with Gasteiger partial charge in [0.05, 0.1) is 0 Å². The van der Waals surface area contributed by atoms with E-state index in [-0.39, 0.29) is 0 Å². The number of nitrogen functional groups attached to an aromatic ring is 1. The molecule has 1 aliphatic rings. The number of aromatic nitrogens is 1. The van der Waals surface area contributed by atoms with Gasteiger partial charge in [-0.1, -0.05) is 0 Å². The minimum absolute atomic E-state index is 0.577. The van der Waals surface area contributed by atoms with E-state index in [4.69, 9.17) is 5.73 Å². The van der Waals surface area contributed by atoms with E-state index in [1.807, 2.05) is 12.1 Å². The zero-order valence-electron chi connectivity index (χ0n) is 7.90. The minimum atomic E-state index is 0.577. The summed E-state index contributed by atoms with van der Waals surface area (Å²) in [6.45, 7) is 2.28. The van der Waals surface area contributed by atoms with E-state index in [2.05, 4.69) is 16.9 Å². The maximum absolute atomic E-state index is 5.71. The van der Waals surface area contributed by atoms with Crippen molar-refractivity contribution in [3.05, 3.63) is 24.0 Å². The van der Waals surface area contributed by atoms with Crippen molar-refractivity contribution in [3.63, 3.8) is 0 Å². The molecule has 0 spiro atoms. The summed E-state index contributed by atoms with van der Waals surface area (Å²) in [4.78, 5) is 6.68. The van der Waals surface area contributed by atoms with Gasteiger partial charge in [0.1, 0.15) is 0 Å². The molecule has 3 heteroatoms. The standard InChI is InChI=1S/C10H15N3/c1-13-5-3-8(7-13)10-6-9(11)2-4-12-10/h2,4,6,8H,3,5,7H2,1H3,(H2,11,12). The monoisotopic (exact) mass is 177 g/mol. The number of pyridine rings is 1. The molecule has 2 N–H and O–H groups in total. The Morgan fingerprint density at radius 3 is 3.08 bits per heavy atom. The second-order valence-electron chi connectivity index (χ2n) is 3.76. The molecular formula is C10H15N3. The molecule has 2 rings (SSSR count). The number of hydrogen-bond acceptors (Lipinski definition) is 3. The van der Waals surface area contributed by atoms with Crippen molar-refractivity contribution < 1.29 is 0 Å². The lowest BCUT2D eigenvalue weighted by Gasteiger charge is -2.09. The largest absolute Gasteiger partial charge is 0.399 e. The molecule has 0 aromatic carbocycles. The van der Waals surface area contributed by atoms with Crippen LogP contribution in [0.3, 0.4) is 0 Å². The minimum Gasteiger partial charge on any atom is -0.399 e. The van der Waals surface area contributed by atoms with Crippen LogP contribution < -0.4 is 5.73 Å². The summed E-state index contributed by atoms with van der Waals surface area (Å²) in [7, 11) is 2.15. The van der Waals surface area contributed by atoms with Crippen LogP contribution in [-0.2, 0) is 0 Å². The van der Waals surface area contributed by atoms with Gasteiger partial charge >= 0.3 is 0 Å². The Balaban J connectivity index is 2.16. The van der Waals surface area contributed by atoms with Gasteiger partial charge in [0.2, 0.25) is 0 Å². The maximum atomic E-state index is 5.71. The van der Waals surface area contributed by atoms with E-state index in [0.717, 1.165) is 17.9 Å². The van der Waals surface area contributed by atoms with E-state index < -0.39 is 0 Å². The Bertz CT molecular complexity index is 298. The average Bonchev–Trinajstić information content (AvgIpc) is 2.52. The Kier molecular flexibility index (Phi) is 2.19. The van der Waals surface area contributed by atoms with Crippen LogP contribution in [-0.4, -0.2) is 30.0 Å². The smallest absolute Gasteiger partial charge is 0.0468 e. The Morgan fingerprint density at radius 2 is 2.46 bits per heavy atom. The van der Waals surface area contributed by atoms with Crippen LogP contribution in [0, 0.1) is 0 Å². The number of hydrogen-bond donors (Lipinski definition) is 1. The first-order valence-corrected chi connectivity index (χ1v) is 4.65. The number of nitrogens with zero attached hydrogens (tertiary/aromatic N) is 2. The highest BCUT2D eigenvalue weighted by atomic mass is 15.1. The maximum Gasteiger partial charge on any atom is 0.0468 e. The predicted octanol–water partition coefficient (Wildman–Crippen LogP) is 1.08. The lowest BCUT2D eigenvalue weighted by Crippen LogP contribution is -2.13. The van der Waals surface area contributed by atoms with Gasteiger partial charge < -0.3 is 10.6 Å². The van der Waals surface area contributed by atoms with Gasteiger partial charge in [-0.05, 0) is 32.1 Å². The quantitative estimate of drug-likeness (QED) is 0.698. The molecule has 0 saturated carbocycles. The molecule has 70 valence electrons. The second-order valence-corrected chi connectivity index (χ2v) is 3.76. The molecule has 1 saturated heterocycles. The van der Waals surface area contributed by atoms with Gasteiger partial charge in [0, 0.05) is 30.0 Å². The summed E-state index contributed by atoms with van der Waals surface area (Å²) in [5.41, 5.74) is 7.67. The Hall–Kier alpha value is -1.09. The van der Waals surface area contributed by atoms with Crippen molar-refractivity contribution in [2.75, 3.05) is 25.9 Å². The molecule has 1 aromatic heterocycles. The van der Waals surface area contributed by atoms with E-state index in [9.17, 15) is 0 Å². The SMILES string of the molecule is CN1CCC(c2cc(N)ccn2)C1. The Labute approximate surface area is 78.6 Å². The van der Waals surface area contributed by atoms with Crippen molar-refractivity contribution in [3.8, 4) is 0 Å².